The van der Waals surface area contributed by atoms with Crippen LogP contribution in [0.3, 0.4) is 0 Å². The van der Waals surface area contributed by atoms with Gasteiger partial charge >= 0.3 is 6.03 Å². The molecule has 2 heterocycles. The van der Waals surface area contributed by atoms with E-state index in [-0.39, 0.29) is 53.7 Å². The van der Waals surface area contributed by atoms with Gasteiger partial charge in [-0.25, -0.2) is 9.78 Å². The first-order valence-electron chi connectivity index (χ1n) is 13.3. The van der Waals surface area contributed by atoms with E-state index in [0.717, 1.165) is 0 Å². The molecule has 0 bridgehead atoms. The summed E-state index contributed by atoms with van der Waals surface area (Å²) in [5, 5.41) is 12.5. The lowest BCUT2D eigenvalue weighted by Crippen LogP contribution is -2.50. The molecule has 0 radical (unpaired) electrons. The minimum atomic E-state index is -4.12. The van der Waals surface area contributed by atoms with Crippen LogP contribution in [0.15, 0.2) is 60.0 Å². The molecule has 42 heavy (non-hydrogen) atoms. The number of rotatable bonds is 9. The second-order valence-electron chi connectivity index (χ2n) is 10.3. The SMILES string of the molecule is COc1ccc(NC(=O)N(C)C[C@H]2Oc3c(NS(=O)(=O)c4cn(C)cn4)cccc3C(=O)N([C@H](C)CO)C[C@@H]2C)cc1. The van der Waals surface area contributed by atoms with E-state index in [1.54, 1.807) is 64.5 Å². The molecule has 4 rings (SSSR count). The van der Waals surface area contributed by atoms with Gasteiger partial charge < -0.3 is 34.3 Å². The number of methoxy groups -OCH3 is 1. The maximum absolute atomic E-state index is 13.7. The van der Waals surface area contributed by atoms with Gasteiger partial charge in [-0.3, -0.25) is 9.52 Å². The Bertz CT molecular complexity index is 1530. The number of hydrogen-bond acceptors (Lipinski definition) is 8. The van der Waals surface area contributed by atoms with E-state index in [2.05, 4.69) is 15.0 Å². The maximum atomic E-state index is 13.7. The van der Waals surface area contributed by atoms with Crippen LogP contribution < -0.4 is 19.5 Å². The molecule has 0 aliphatic carbocycles. The smallest absolute Gasteiger partial charge is 0.321 e. The summed E-state index contributed by atoms with van der Waals surface area (Å²) in [7, 11) is 0.703. The van der Waals surface area contributed by atoms with Crippen molar-refractivity contribution >= 4 is 33.3 Å². The highest BCUT2D eigenvalue weighted by Crippen LogP contribution is 2.36. The molecule has 0 unspecified atom stereocenters. The van der Waals surface area contributed by atoms with Crippen molar-refractivity contribution in [1.29, 1.82) is 0 Å². The number of aryl methyl sites for hydroxylation is 1. The van der Waals surface area contributed by atoms with Gasteiger partial charge in [0.1, 0.15) is 11.9 Å². The van der Waals surface area contributed by atoms with Gasteiger partial charge in [0.25, 0.3) is 15.9 Å². The van der Waals surface area contributed by atoms with Crippen LogP contribution in [0, 0.1) is 5.92 Å². The number of nitrogens with one attached hydrogen (secondary N) is 2. The molecule has 14 heteroatoms. The van der Waals surface area contributed by atoms with Crippen molar-refractivity contribution in [1.82, 2.24) is 19.4 Å². The average Bonchev–Trinajstić information content (AvgIpc) is 3.42. The Hall–Kier alpha value is -4.30. The number of likely N-dealkylation sites (N-methyl/N-ethyl adjacent to an activating group) is 1. The Morgan fingerprint density at radius 3 is 2.60 bits per heavy atom. The highest BCUT2D eigenvalue weighted by atomic mass is 32.2. The van der Waals surface area contributed by atoms with Crippen molar-refractivity contribution in [3.63, 3.8) is 0 Å². The number of hydrogen-bond donors (Lipinski definition) is 3. The summed E-state index contributed by atoms with van der Waals surface area (Å²) in [5.74, 6) is -0.0470. The summed E-state index contributed by atoms with van der Waals surface area (Å²) in [6.07, 6.45) is 2.06. The van der Waals surface area contributed by atoms with Crippen molar-refractivity contribution in [3.05, 3.63) is 60.6 Å². The summed E-state index contributed by atoms with van der Waals surface area (Å²) in [6.45, 7) is 3.68. The molecule has 3 amide bonds. The quantitative estimate of drug-likeness (QED) is 0.339. The first-order chi connectivity index (χ1) is 19.9. The van der Waals surface area contributed by atoms with Gasteiger partial charge in [0.15, 0.2) is 10.8 Å². The number of aromatic nitrogens is 2. The third-order valence-electron chi connectivity index (χ3n) is 7.03. The van der Waals surface area contributed by atoms with E-state index in [0.29, 0.717) is 11.4 Å². The van der Waals surface area contributed by atoms with E-state index >= 15 is 0 Å². The minimum absolute atomic E-state index is 0.0256. The van der Waals surface area contributed by atoms with E-state index in [1.807, 2.05) is 6.92 Å². The van der Waals surface area contributed by atoms with Crippen molar-refractivity contribution in [2.75, 3.05) is 43.9 Å². The fourth-order valence-corrected chi connectivity index (χ4v) is 5.56. The fraction of sp³-hybridized carbons (Fsp3) is 0.393. The number of urea groups is 1. The van der Waals surface area contributed by atoms with Crippen LogP contribution in [0.5, 0.6) is 11.5 Å². The summed E-state index contributed by atoms with van der Waals surface area (Å²) in [6, 6.07) is 10.6. The number of carbonyl (C=O) groups excluding carboxylic acids is 2. The van der Waals surface area contributed by atoms with Crippen LogP contribution in [0.1, 0.15) is 24.2 Å². The number of anilines is 2. The third-order valence-corrected chi connectivity index (χ3v) is 8.28. The van der Waals surface area contributed by atoms with Crippen molar-refractivity contribution < 1.29 is 32.6 Å². The van der Waals surface area contributed by atoms with E-state index in [1.165, 1.54) is 33.0 Å². The van der Waals surface area contributed by atoms with Crippen LogP contribution in [-0.2, 0) is 17.1 Å². The van der Waals surface area contributed by atoms with Crippen molar-refractivity contribution in [3.8, 4) is 11.5 Å². The first-order valence-corrected chi connectivity index (χ1v) is 14.8. The molecule has 0 spiro atoms. The van der Waals surface area contributed by atoms with Gasteiger partial charge in [-0.05, 0) is 43.3 Å². The molecule has 13 nitrogen and oxygen atoms in total. The number of aliphatic hydroxyl groups is 1. The Kier molecular flexibility index (Phi) is 9.27. The fourth-order valence-electron chi connectivity index (χ4n) is 4.51. The van der Waals surface area contributed by atoms with Gasteiger partial charge in [-0.15, -0.1) is 0 Å². The van der Waals surface area contributed by atoms with E-state index in [4.69, 9.17) is 9.47 Å². The molecule has 2 aromatic carbocycles. The van der Waals surface area contributed by atoms with Crippen LogP contribution >= 0.6 is 0 Å². The van der Waals surface area contributed by atoms with Crippen molar-refractivity contribution in [2.24, 2.45) is 13.0 Å². The molecule has 3 atom stereocenters. The Morgan fingerprint density at radius 2 is 1.98 bits per heavy atom. The van der Waals surface area contributed by atoms with E-state index in [9.17, 15) is 23.1 Å². The second-order valence-corrected chi connectivity index (χ2v) is 12.0. The van der Waals surface area contributed by atoms with Crippen LogP contribution in [-0.4, -0.2) is 90.8 Å². The zero-order chi connectivity index (χ0) is 30.6. The molecule has 3 N–H and O–H groups in total. The summed E-state index contributed by atoms with van der Waals surface area (Å²) >= 11 is 0. The topological polar surface area (TPSA) is 155 Å². The van der Waals surface area contributed by atoms with E-state index < -0.39 is 28.1 Å². The standard InChI is InChI=1S/C28H36N6O7S/c1-18-13-34(19(2)16-35)27(36)22-7-6-8-23(31-42(38,39)25-15-32(3)17-29-25)26(22)41-24(18)14-33(4)28(37)30-20-9-11-21(40-5)12-10-20/h6-12,15,17-19,24,31,35H,13-14,16H2,1-5H3,(H,30,37)/t18-,19+,24+/m0/s1. The molecular weight excluding hydrogens is 564 g/mol. The number of aliphatic hydroxyl groups excluding tert-OH is 1. The lowest BCUT2D eigenvalue weighted by molar-refractivity contribution is 0.0373. The first kappa shape index (κ1) is 30.7. The number of para-hydroxylation sites is 1. The number of benzene rings is 2. The Morgan fingerprint density at radius 1 is 1.26 bits per heavy atom. The molecule has 0 saturated heterocycles. The number of fused-ring (bicyclic) bond motifs is 1. The summed E-state index contributed by atoms with van der Waals surface area (Å²) < 4.78 is 41.9. The molecule has 3 aromatic rings. The second kappa shape index (κ2) is 12.7. The largest absolute Gasteiger partial charge is 0.497 e. The summed E-state index contributed by atoms with van der Waals surface area (Å²) in [5.41, 5.74) is 0.746. The minimum Gasteiger partial charge on any atom is -0.497 e. The molecule has 226 valence electrons. The Balaban J connectivity index is 1.66. The molecular formula is C28H36N6O7S. The average molecular weight is 601 g/mol. The highest BCUT2D eigenvalue weighted by molar-refractivity contribution is 7.92. The summed E-state index contributed by atoms with van der Waals surface area (Å²) in [4.78, 5) is 33.7. The van der Waals surface area contributed by atoms with Gasteiger partial charge in [0.2, 0.25) is 0 Å². The predicted octanol–water partition coefficient (Wildman–Crippen LogP) is 2.61. The highest BCUT2D eigenvalue weighted by Gasteiger charge is 2.35. The predicted molar refractivity (Wildman–Crippen MR) is 156 cm³/mol. The normalized spacial score (nSPS) is 17.8. The third kappa shape index (κ3) is 6.77. The zero-order valence-corrected chi connectivity index (χ0v) is 25.0. The number of amides is 3. The number of ether oxygens (including phenoxy) is 2. The molecule has 1 aliphatic rings. The van der Waals surface area contributed by atoms with Gasteiger partial charge in [0, 0.05) is 38.4 Å². The molecule has 1 aromatic heterocycles. The van der Waals surface area contributed by atoms with Crippen LogP contribution in [0.25, 0.3) is 0 Å². The molecule has 0 saturated carbocycles. The van der Waals surface area contributed by atoms with Gasteiger partial charge in [-0.2, -0.15) is 8.42 Å². The number of imidazole rings is 1. The number of nitrogens with zero attached hydrogens (tertiary/aromatic N) is 4. The number of sulfonamides is 1. The maximum Gasteiger partial charge on any atom is 0.321 e. The lowest BCUT2D eigenvalue weighted by Gasteiger charge is -2.38. The molecule has 0 fully saturated rings. The monoisotopic (exact) mass is 600 g/mol. The molecule has 1 aliphatic heterocycles. The van der Waals surface area contributed by atoms with Crippen LogP contribution in [0.2, 0.25) is 0 Å². The lowest BCUT2D eigenvalue weighted by atomic mass is 9.99. The number of carbonyl (C=O) groups is 2. The van der Waals surface area contributed by atoms with Gasteiger partial charge in [-0.1, -0.05) is 13.0 Å². The Labute approximate surface area is 245 Å². The zero-order valence-electron chi connectivity index (χ0n) is 24.1. The van der Waals surface area contributed by atoms with Crippen molar-refractivity contribution in [2.45, 2.75) is 31.0 Å². The van der Waals surface area contributed by atoms with Crippen LogP contribution in [0.4, 0.5) is 16.2 Å². The van der Waals surface area contributed by atoms with Gasteiger partial charge in [0.05, 0.1) is 43.9 Å².